The van der Waals surface area contributed by atoms with Crippen LogP contribution in [-0.4, -0.2) is 29.9 Å². The third-order valence-electron chi connectivity index (χ3n) is 2.81. The Morgan fingerprint density at radius 3 is 2.84 bits per heavy atom. The summed E-state index contributed by atoms with van der Waals surface area (Å²) in [5.41, 5.74) is 1.33. The number of nitrogens with one attached hydrogen (secondary N) is 3. The Morgan fingerprint density at radius 1 is 1.21 bits per heavy atom. The van der Waals surface area contributed by atoms with Gasteiger partial charge in [-0.1, -0.05) is 19.1 Å². The molecule has 1 aromatic carbocycles. The molecule has 0 aliphatic heterocycles. The molecule has 0 aliphatic carbocycles. The summed E-state index contributed by atoms with van der Waals surface area (Å²) in [7, 11) is 0. The van der Waals surface area contributed by atoms with E-state index in [1.54, 1.807) is 12.3 Å². The predicted molar refractivity (Wildman–Crippen MR) is 73.9 cm³/mol. The maximum absolute atomic E-state index is 12.0. The fraction of sp³-hybridized carbons (Fsp3) is 0.286. The molecule has 2 aromatic rings. The average molecular weight is 259 g/mol. The quantitative estimate of drug-likeness (QED) is 0.759. The zero-order chi connectivity index (χ0) is 13.7. The van der Waals surface area contributed by atoms with E-state index >= 15 is 0 Å². The van der Waals surface area contributed by atoms with Crippen LogP contribution in [0, 0.1) is 0 Å². The molecule has 1 heterocycles. The molecule has 0 fully saturated rings. The summed E-state index contributed by atoms with van der Waals surface area (Å²) in [4.78, 5) is 26.5. The Bertz CT molecular complexity index is 589. The fourth-order valence-electron chi connectivity index (χ4n) is 1.86. The lowest BCUT2D eigenvalue weighted by Gasteiger charge is -2.06. The number of carbonyl (C=O) groups is 2. The lowest BCUT2D eigenvalue weighted by molar-refractivity contribution is -0.120. The van der Waals surface area contributed by atoms with Crippen molar-refractivity contribution in [3.05, 3.63) is 36.0 Å². The van der Waals surface area contributed by atoms with Crippen LogP contribution in [0.25, 0.3) is 10.9 Å². The Kier molecular flexibility index (Phi) is 4.18. The summed E-state index contributed by atoms with van der Waals surface area (Å²) in [6.07, 6.45) is 2.66. The van der Waals surface area contributed by atoms with Crippen molar-refractivity contribution in [3.63, 3.8) is 0 Å². The van der Waals surface area contributed by atoms with Gasteiger partial charge < -0.3 is 15.6 Å². The number of amides is 2. The molecule has 0 saturated carbocycles. The monoisotopic (exact) mass is 259 g/mol. The zero-order valence-electron chi connectivity index (χ0n) is 10.8. The summed E-state index contributed by atoms with van der Waals surface area (Å²) in [6, 6.07) is 7.39. The molecule has 0 aliphatic rings. The van der Waals surface area contributed by atoms with Gasteiger partial charge in [0.05, 0.1) is 17.6 Å². The van der Waals surface area contributed by atoms with Crippen LogP contribution in [0.15, 0.2) is 30.5 Å². The van der Waals surface area contributed by atoms with Crippen molar-refractivity contribution >= 4 is 22.7 Å². The number of aromatic nitrogens is 1. The maximum Gasteiger partial charge on any atom is 0.253 e. The van der Waals surface area contributed by atoms with E-state index in [2.05, 4.69) is 15.6 Å². The van der Waals surface area contributed by atoms with Crippen molar-refractivity contribution in [1.82, 2.24) is 15.6 Å². The molecule has 5 nitrogen and oxygen atoms in total. The average Bonchev–Trinajstić information content (AvgIpc) is 2.90. The Balaban J connectivity index is 2.00. The summed E-state index contributed by atoms with van der Waals surface area (Å²) in [5.74, 6) is -0.423. The number of H-pyrrole nitrogens is 1. The van der Waals surface area contributed by atoms with Gasteiger partial charge in [-0.05, 0) is 18.6 Å². The first kappa shape index (κ1) is 13.1. The zero-order valence-corrected chi connectivity index (χ0v) is 10.8. The van der Waals surface area contributed by atoms with Crippen LogP contribution >= 0.6 is 0 Å². The first-order valence-electron chi connectivity index (χ1n) is 6.33. The highest BCUT2D eigenvalue weighted by atomic mass is 16.2. The number of aromatic amines is 1. The molecule has 2 amide bonds. The van der Waals surface area contributed by atoms with E-state index in [0.717, 1.165) is 17.3 Å². The summed E-state index contributed by atoms with van der Waals surface area (Å²) >= 11 is 0. The van der Waals surface area contributed by atoms with E-state index in [4.69, 9.17) is 0 Å². The number of benzene rings is 1. The van der Waals surface area contributed by atoms with Crippen molar-refractivity contribution < 1.29 is 9.59 Å². The number of rotatable bonds is 5. The van der Waals surface area contributed by atoms with E-state index in [9.17, 15) is 9.59 Å². The second kappa shape index (κ2) is 6.04. The van der Waals surface area contributed by atoms with E-state index in [-0.39, 0.29) is 18.4 Å². The molecule has 0 unspecified atom stereocenters. The molecule has 0 atom stereocenters. The van der Waals surface area contributed by atoms with Crippen molar-refractivity contribution in [2.24, 2.45) is 0 Å². The molecule has 19 heavy (non-hydrogen) atoms. The molecule has 100 valence electrons. The Labute approximate surface area is 111 Å². The molecule has 1 aromatic heterocycles. The van der Waals surface area contributed by atoms with Gasteiger partial charge in [0.2, 0.25) is 5.91 Å². The van der Waals surface area contributed by atoms with E-state index in [1.807, 2.05) is 25.1 Å². The number of hydrogen-bond donors (Lipinski definition) is 3. The van der Waals surface area contributed by atoms with Crippen molar-refractivity contribution in [1.29, 1.82) is 0 Å². The van der Waals surface area contributed by atoms with Crippen LogP contribution in [0.5, 0.6) is 0 Å². The normalized spacial score (nSPS) is 10.4. The highest BCUT2D eigenvalue weighted by Crippen LogP contribution is 2.16. The van der Waals surface area contributed by atoms with Crippen molar-refractivity contribution in [3.8, 4) is 0 Å². The second-order valence-corrected chi connectivity index (χ2v) is 4.28. The van der Waals surface area contributed by atoms with Gasteiger partial charge in [-0.3, -0.25) is 9.59 Å². The van der Waals surface area contributed by atoms with Gasteiger partial charge >= 0.3 is 0 Å². The third-order valence-corrected chi connectivity index (χ3v) is 2.81. The van der Waals surface area contributed by atoms with Crippen LogP contribution < -0.4 is 10.6 Å². The van der Waals surface area contributed by atoms with Crippen molar-refractivity contribution in [2.45, 2.75) is 13.3 Å². The van der Waals surface area contributed by atoms with Gasteiger partial charge in [-0.2, -0.15) is 0 Å². The van der Waals surface area contributed by atoms with E-state index in [1.165, 1.54) is 0 Å². The minimum Gasteiger partial charge on any atom is -0.361 e. The molecule has 0 radical (unpaired) electrons. The topological polar surface area (TPSA) is 74.0 Å². The minimum absolute atomic E-state index is 0.00404. The van der Waals surface area contributed by atoms with Gasteiger partial charge in [-0.15, -0.1) is 0 Å². The minimum atomic E-state index is -0.250. The first-order chi connectivity index (χ1) is 9.22. The van der Waals surface area contributed by atoms with Crippen LogP contribution in [0.2, 0.25) is 0 Å². The molecule has 2 rings (SSSR count). The van der Waals surface area contributed by atoms with Gasteiger partial charge in [0.25, 0.3) is 5.91 Å². The molecule has 0 spiro atoms. The number of para-hydroxylation sites is 1. The number of carbonyl (C=O) groups excluding carboxylic acids is 2. The van der Waals surface area contributed by atoms with Crippen LogP contribution in [0.4, 0.5) is 0 Å². The van der Waals surface area contributed by atoms with E-state index < -0.39 is 0 Å². The highest BCUT2D eigenvalue weighted by Gasteiger charge is 2.11. The SMILES string of the molecule is CCCNC(=O)CNC(=O)c1cccc2cc[nH]c12. The van der Waals surface area contributed by atoms with Crippen LogP contribution in [0.1, 0.15) is 23.7 Å². The summed E-state index contributed by atoms with van der Waals surface area (Å²) < 4.78 is 0. The molecular formula is C14H17N3O2. The van der Waals surface area contributed by atoms with Gasteiger partial charge in [-0.25, -0.2) is 0 Å². The van der Waals surface area contributed by atoms with Crippen molar-refractivity contribution in [2.75, 3.05) is 13.1 Å². The first-order valence-corrected chi connectivity index (χ1v) is 6.33. The summed E-state index contributed by atoms with van der Waals surface area (Å²) in [5, 5.41) is 6.30. The van der Waals surface area contributed by atoms with Gasteiger partial charge in [0, 0.05) is 18.1 Å². The standard InChI is InChI=1S/C14H17N3O2/c1-2-7-15-12(18)9-17-14(19)11-5-3-4-10-6-8-16-13(10)11/h3-6,8,16H,2,7,9H2,1H3,(H,15,18)(H,17,19). The molecule has 0 saturated heterocycles. The molecule has 5 heteroatoms. The highest BCUT2D eigenvalue weighted by molar-refractivity contribution is 6.06. The lowest BCUT2D eigenvalue weighted by Crippen LogP contribution is -2.37. The Morgan fingerprint density at radius 2 is 2.05 bits per heavy atom. The largest absolute Gasteiger partial charge is 0.361 e. The molecular weight excluding hydrogens is 242 g/mol. The number of hydrogen-bond acceptors (Lipinski definition) is 2. The number of fused-ring (bicyclic) bond motifs is 1. The third kappa shape index (κ3) is 3.13. The lowest BCUT2D eigenvalue weighted by atomic mass is 10.1. The maximum atomic E-state index is 12.0. The summed E-state index contributed by atoms with van der Waals surface area (Å²) in [6.45, 7) is 2.60. The smallest absolute Gasteiger partial charge is 0.253 e. The van der Waals surface area contributed by atoms with Gasteiger partial charge in [0.15, 0.2) is 0 Å². The van der Waals surface area contributed by atoms with Crippen LogP contribution in [0.3, 0.4) is 0 Å². The van der Waals surface area contributed by atoms with Crippen LogP contribution in [-0.2, 0) is 4.79 Å². The van der Waals surface area contributed by atoms with E-state index in [0.29, 0.717) is 12.1 Å². The second-order valence-electron chi connectivity index (χ2n) is 4.28. The molecule has 0 bridgehead atoms. The van der Waals surface area contributed by atoms with Gasteiger partial charge in [0.1, 0.15) is 0 Å². The fourth-order valence-corrected chi connectivity index (χ4v) is 1.86. The Hall–Kier alpha value is -2.30. The molecule has 3 N–H and O–H groups in total. The predicted octanol–water partition coefficient (Wildman–Crippen LogP) is 1.42.